The van der Waals surface area contributed by atoms with Crippen molar-refractivity contribution in [3.8, 4) is 0 Å². The van der Waals surface area contributed by atoms with E-state index in [-0.39, 0.29) is 18.6 Å². The Hall–Kier alpha value is -0.890. The van der Waals surface area contributed by atoms with Crippen LogP contribution >= 0.6 is 15.9 Å². The number of aryl methyl sites for hydroxylation is 1. The highest BCUT2D eigenvalue weighted by molar-refractivity contribution is 9.10. The Balaban J connectivity index is 2.58. The summed E-state index contributed by atoms with van der Waals surface area (Å²) in [4.78, 5) is 18.0. The summed E-state index contributed by atoms with van der Waals surface area (Å²) >= 11 is 3.10. The summed E-state index contributed by atoms with van der Waals surface area (Å²) in [7, 11) is 0. The van der Waals surface area contributed by atoms with Gasteiger partial charge in [0.15, 0.2) is 0 Å². The molecule has 0 unspecified atom stereocenters. The highest BCUT2D eigenvalue weighted by Gasteiger charge is 2.27. The summed E-state index contributed by atoms with van der Waals surface area (Å²) in [6.45, 7) is 0.387. The number of ether oxygens (including phenoxy) is 1. The Morgan fingerprint density at radius 2 is 2.11 bits per heavy atom. The number of aromatic nitrogens is 2. The maximum atomic E-state index is 11.8. The molecule has 18 heavy (non-hydrogen) atoms. The van der Waals surface area contributed by atoms with E-state index in [4.69, 9.17) is 0 Å². The van der Waals surface area contributed by atoms with Gasteiger partial charge in [0.05, 0.1) is 12.3 Å². The molecular formula is C10H12BrF3N2O2. The highest BCUT2D eigenvalue weighted by atomic mass is 79.9. The highest BCUT2D eigenvalue weighted by Crippen LogP contribution is 2.14. The first-order valence-corrected chi connectivity index (χ1v) is 6.05. The van der Waals surface area contributed by atoms with E-state index in [9.17, 15) is 18.0 Å². The van der Waals surface area contributed by atoms with Crippen LogP contribution in [0.1, 0.15) is 18.4 Å². The molecule has 8 heteroatoms. The van der Waals surface area contributed by atoms with Crippen molar-refractivity contribution >= 4 is 15.9 Å². The van der Waals surface area contributed by atoms with E-state index in [2.05, 4.69) is 30.6 Å². The number of nitrogens with one attached hydrogen (secondary N) is 1. The number of hydrogen-bond donors (Lipinski definition) is 1. The Morgan fingerprint density at radius 3 is 2.67 bits per heavy atom. The molecule has 0 saturated heterocycles. The van der Waals surface area contributed by atoms with Gasteiger partial charge < -0.3 is 9.72 Å². The molecule has 4 nitrogen and oxygen atoms in total. The molecule has 1 N–H and O–H groups in total. The SMILES string of the molecule is CCc1nc(CCOCC(F)(F)F)[nH]c(=O)c1Br. The van der Waals surface area contributed by atoms with Crippen molar-refractivity contribution in [3.63, 3.8) is 0 Å². The van der Waals surface area contributed by atoms with E-state index < -0.39 is 12.8 Å². The lowest BCUT2D eigenvalue weighted by molar-refractivity contribution is -0.173. The summed E-state index contributed by atoms with van der Waals surface area (Å²) in [5.74, 6) is 0.322. The van der Waals surface area contributed by atoms with Gasteiger partial charge >= 0.3 is 6.18 Å². The van der Waals surface area contributed by atoms with Crippen LogP contribution < -0.4 is 5.56 Å². The van der Waals surface area contributed by atoms with Crippen molar-refractivity contribution in [2.75, 3.05) is 13.2 Å². The predicted molar refractivity (Wildman–Crippen MR) is 62.5 cm³/mol. The fourth-order valence-electron chi connectivity index (χ4n) is 1.27. The topological polar surface area (TPSA) is 55.0 Å². The number of aromatic amines is 1. The molecule has 1 aromatic rings. The van der Waals surface area contributed by atoms with Crippen LogP contribution in [0.2, 0.25) is 0 Å². The first kappa shape index (κ1) is 15.2. The third kappa shape index (κ3) is 4.77. The molecule has 0 fully saturated rings. The van der Waals surface area contributed by atoms with E-state index in [1.54, 1.807) is 0 Å². The zero-order chi connectivity index (χ0) is 13.8. The predicted octanol–water partition coefficient (Wildman–Crippen LogP) is 2.22. The normalized spacial score (nSPS) is 11.8. The fraction of sp³-hybridized carbons (Fsp3) is 0.600. The van der Waals surface area contributed by atoms with Gasteiger partial charge in [-0.3, -0.25) is 4.79 Å². The molecule has 0 aliphatic heterocycles. The molecule has 0 aromatic carbocycles. The summed E-state index contributed by atoms with van der Waals surface area (Å²) in [5.41, 5.74) is 0.234. The Kier molecular flexibility index (Phi) is 5.33. The van der Waals surface area contributed by atoms with Crippen molar-refractivity contribution < 1.29 is 17.9 Å². The zero-order valence-corrected chi connectivity index (χ0v) is 11.2. The Morgan fingerprint density at radius 1 is 1.44 bits per heavy atom. The molecule has 0 atom stereocenters. The Bertz CT molecular complexity index is 459. The molecule has 0 aliphatic carbocycles. The number of hydrogen-bond acceptors (Lipinski definition) is 3. The second kappa shape index (κ2) is 6.33. The van der Waals surface area contributed by atoms with E-state index >= 15 is 0 Å². The van der Waals surface area contributed by atoms with Crippen molar-refractivity contribution in [2.45, 2.75) is 25.9 Å². The van der Waals surface area contributed by atoms with E-state index in [0.29, 0.717) is 22.4 Å². The van der Waals surface area contributed by atoms with Crippen LogP contribution in [0.25, 0.3) is 0 Å². The summed E-state index contributed by atoms with van der Waals surface area (Å²) in [6, 6.07) is 0. The molecule has 102 valence electrons. The molecule has 0 aliphatic rings. The van der Waals surface area contributed by atoms with E-state index in [1.807, 2.05) is 6.92 Å². The van der Waals surface area contributed by atoms with Gasteiger partial charge in [-0.2, -0.15) is 13.2 Å². The van der Waals surface area contributed by atoms with Crippen LogP contribution in [0.15, 0.2) is 9.27 Å². The van der Waals surface area contributed by atoms with Gasteiger partial charge in [-0.1, -0.05) is 6.92 Å². The first-order chi connectivity index (χ1) is 8.33. The quantitative estimate of drug-likeness (QED) is 0.843. The third-order valence-corrected chi connectivity index (χ3v) is 2.88. The van der Waals surface area contributed by atoms with Gasteiger partial charge in [0.2, 0.25) is 0 Å². The van der Waals surface area contributed by atoms with Gasteiger partial charge in [0, 0.05) is 6.42 Å². The van der Waals surface area contributed by atoms with Gasteiger partial charge in [-0.15, -0.1) is 0 Å². The van der Waals surface area contributed by atoms with Crippen molar-refractivity contribution in [1.29, 1.82) is 0 Å². The first-order valence-electron chi connectivity index (χ1n) is 5.25. The van der Waals surface area contributed by atoms with Crippen LogP contribution in [-0.4, -0.2) is 29.4 Å². The molecule has 0 bridgehead atoms. The molecule has 0 radical (unpaired) electrons. The average molecular weight is 329 g/mol. The van der Waals surface area contributed by atoms with Gasteiger partial charge in [-0.05, 0) is 22.4 Å². The molecule has 1 heterocycles. The second-order valence-electron chi connectivity index (χ2n) is 3.54. The van der Waals surface area contributed by atoms with Crippen LogP contribution in [-0.2, 0) is 17.6 Å². The molecule has 0 spiro atoms. The number of halogens is 4. The van der Waals surface area contributed by atoms with Gasteiger partial charge in [0.25, 0.3) is 5.56 Å². The maximum Gasteiger partial charge on any atom is 0.411 e. The lowest BCUT2D eigenvalue weighted by Gasteiger charge is -2.08. The third-order valence-electron chi connectivity index (χ3n) is 2.06. The van der Waals surface area contributed by atoms with Crippen LogP contribution in [0.3, 0.4) is 0 Å². The average Bonchev–Trinajstić information content (AvgIpc) is 2.27. The zero-order valence-electron chi connectivity index (χ0n) is 9.60. The minimum absolute atomic E-state index is 0.131. The van der Waals surface area contributed by atoms with E-state index in [0.717, 1.165) is 0 Å². The minimum Gasteiger partial charge on any atom is -0.372 e. The van der Waals surface area contributed by atoms with Crippen molar-refractivity contribution in [2.24, 2.45) is 0 Å². The number of nitrogens with zero attached hydrogens (tertiary/aromatic N) is 1. The Labute approximate surface area is 110 Å². The largest absolute Gasteiger partial charge is 0.411 e. The molecule has 0 amide bonds. The van der Waals surface area contributed by atoms with Crippen molar-refractivity contribution in [3.05, 3.63) is 26.3 Å². The monoisotopic (exact) mass is 328 g/mol. The maximum absolute atomic E-state index is 11.8. The lowest BCUT2D eigenvalue weighted by atomic mass is 10.3. The van der Waals surface area contributed by atoms with Crippen LogP contribution in [0.4, 0.5) is 13.2 Å². The molecule has 0 saturated carbocycles. The summed E-state index contributed by atoms with van der Waals surface area (Å²) in [6.07, 6.45) is -3.65. The lowest BCUT2D eigenvalue weighted by Crippen LogP contribution is -2.20. The standard InChI is InChI=1S/C10H12BrF3N2O2/c1-2-6-8(11)9(17)16-7(15-6)3-4-18-5-10(12,13)14/h2-5H2,1H3,(H,15,16,17). The molecule has 1 rings (SSSR count). The molecular weight excluding hydrogens is 317 g/mol. The minimum atomic E-state index is -4.34. The second-order valence-corrected chi connectivity index (χ2v) is 4.34. The molecule has 1 aromatic heterocycles. The van der Waals surface area contributed by atoms with Gasteiger partial charge in [-0.25, -0.2) is 4.98 Å². The number of rotatable bonds is 5. The summed E-state index contributed by atoms with van der Waals surface area (Å²) < 4.78 is 40.2. The van der Waals surface area contributed by atoms with Crippen LogP contribution in [0.5, 0.6) is 0 Å². The fourth-order valence-corrected chi connectivity index (χ4v) is 1.73. The van der Waals surface area contributed by atoms with Crippen LogP contribution in [0, 0.1) is 0 Å². The number of H-pyrrole nitrogens is 1. The van der Waals surface area contributed by atoms with Gasteiger partial charge in [0.1, 0.15) is 16.9 Å². The smallest absolute Gasteiger partial charge is 0.372 e. The summed E-state index contributed by atoms with van der Waals surface area (Å²) in [5, 5.41) is 0. The van der Waals surface area contributed by atoms with Crippen molar-refractivity contribution in [1.82, 2.24) is 9.97 Å². The van der Waals surface area contributed by atoms with E-state index in [1.165, 1.54) is 0 Å². The number of alkyl halides is 3.